The Hall–Kier alpha value is -3.88. The number of aromatic nitrogens is 4. The summed E-state index contributed by atoms with van der Waals surface area (Å²) >= 11 is 0. The van der Waals surface area contributed by atoms with E-state index in [-0.39, 0.29) is 11.6 Å². The minimum atomic E-state index is -0.150. The Labute approximate surface area is 172 Å². The molecular weight excluding hydrogens is 384 g/mol. The van der Waals surface area contributed by atoms with Gasteiger partial charge in [0.25, 0.3) is 5.91 Å². The number of aryl methyl sites for hydroxylation is 1. The van der Waals surface area contributed by atoms with E-state index < -0.39 is 0 Å². The molecule has 1 aliphatic heterocycles. The van der Waals surface area contributed by atoms with E-state index in [9.17, 15) is 4.79 Å². The lowest BCUT2D eigenvalue weighted by molar-refractivity contribution is 0.0736. The molecule has 0 radical (unpaired) electrons. The van der Waals surface area contributed by atoms with Crippen LogP contribution in [0.15, 0.2) is 64.0 Å². The van der Waals surface area contributed by atoms with E-state index in [1.807, 2.05) is 42.1 Å². The summed E-state index contributed by atoms with van der Waals surface area (Å²) in [6.07, 6.45) is 5.46. The SMILES string of the molecule is Cc1nc(N2CCN(C(=O)c3cc(-c4ccco4)on3)CC2)cc(-n2cccc2)n1. The molecule has 0 saturated carbocycles. The zero-order chi connectivity index (χ0) is 20.5. The summed E-state index contributed by atoms with van der Waals surface area (Å²) in [7, 11) is 0. The third-order valence-electron chi connectivity index (χ3n) is 5.06. The lowest BCUT2D eigenvalue weighted by Gasteiger charge is -2.35. The first-order valence-corrected chi connectivity index (χ1v) is 9.71. The van der Waals surface area contributed by atoms with Gasteiger partial charge in [-0.25, -0.2) is 9.97 Å². The van der Waals surface area contributed by atoms with Crippen LogP contribution in [-0.4, -0.2) is 56.7 Å². The van der Waals surface area contributed by atoms with Gasteiger partial charge in [0.15, 0.2) is 11.5 Å². The molecule has 30 heavy (non-hydrogen) atoms. The second-order valence-corrected chi connectivity index (χ2v) is 7.05. The van der Waals surface area contributed by atoms with Crippen LogP contribution in [0.1, 0.15) is 16.3 Å². The largest absolute Gasteiger partial charge is 0.461 e. The van der Waals surface area contributed by atoms with Crippen molar-refractivity contribution >= 4 is 11.7 Å². The van der Waals surface area contributed by atoms with Gasteiger partial charge in [-0.1, -0.05) is 5.16 Å². The minimum absolute atomic E-state index is 0.150. The molecule has 0 bridgehead atoms. The molecule has 5 heterocycles. The van der Waals surface area contributed by atoms with Crippen LogP contribution in [0, 0.1) is 6.92 Å². The summed E-state index contributed by atoms with van der Waals surface area (Å²) in [5, 5.41) is 3.91. The van der Waals surface area contributed by atoms with Gasteiger partial charge in [0.2, 0.25) is 5.76 Å². The van der Waals surface area contributed by atoms with E-state index in [1.165, 1.54) is 0 Å². The van der Waals surface area contributed by atoms with Gasteiger partial charge in [-0.3, -0.25) is 4.79 Å². The topological polar surface area (TPSA) is 93.4 Å². The number of hydrogen-bond donors (Lipinski definition) is 0. The monoisotopic (exact) mass is 404 g/mol. The Morgan fingerprint density at radius 1 is 0.967 bits per heavy atom. The van der Waals surface area contributed by atoms with Gasteiger partial charge in [-0.15, -0.1) is 0 Å². The highest BCUT2D eigenvalue weighted by Crippen LogP contribution is 2.22. The number of anilines is 1. The maximum atomic E-state index is 12.8. The van der Waals surface area contributed by atoms with E-state index in [2.05, 4.69) is 20.0 Å². The molecule has 1 amide bonds. The summed E-state index contributed by atoms with van der Waals surface area (Å²) in [5.41, 5.74) is 0.280. The van der Waals surface area contributed by atoms with E-state index in [4.69, 9.17) is 8.94 Å². The molecule has 1 saturated heterocycles. The van der Waals surface area contributed by atoms with Gasteiger partial charge in [-0.2, -0.15) is 0 Å². The average Bonchev–Trinajstić information content (AvgIpc) is 3.55. The molecule has 0 atom stereocenters. The molecule has 9 heteroatoms. The number of nitrogens with zero attached hydrogens (tertiary/aromatic N) is 6. The molecule has 9 nitrogen and oxygen atoms in total. The van der Waals surface area contributed by atoms with Crippen LogP contribution < -0.4 is 4.90 Å². The lowest BCUT2D eigenvalue weighted by Crippen LogP contribution is -2.49. The number of rotatable bonds is 4. The molecule has 152 valence electrons. The van der Waals surface area contributed by atoms with Crippen molar-refractivity contribution < 1.29 is 13.7 Å². The average molecular weight is 404 g/mol. The summed E-state index contributed by atoms with van der Waals surface area (Å²) in [6, 6.07) is 11.0. The van der Waals surface area contributed by atoms with E-state index in [1.54, 1.807) is 29.4 Å². The van der Waals surface area contributed by atoms with Gasteiger partial charge in [0.05, 0.1) is 6.26 Å². The predicted octanol–water partition coefficient (Wildman–Crippen LogP) is 2.79. The molecule has 0 unspecified atom stereocenters. The normalized spacial score (nSPS) is 14.3. The number of piperazine rings is 1. The fourth-order valence-electron chi connectivity index (χ4n) is 3.53. The van der Waals surface area contributed by atoms with Crippen molar-refractivity contribution in [2.75, 3.05) is 31.1 Å². The second kappa shape index (κ2) is 7.51. The maximum Gasteiger partial charge on any atom is 0.276 e. The zero-order valence-electron chi connectivity index (χ0n) is 16.4. The summed E-state index contributed by atoms with van der Waals surface area (Å²) in [4.78, 5) is 25.9. The van der Waals surface area contributed by atoms with Crippen molar-refractivity contribution in [3.63, 3.8) is 0 Å². The predicted molar refractivity (Wildman–Crippen MR) is 108 cm³/mol. The first-order valence-electron chi connectivity index (χ1n) is 9.71. The van der Waals surface area contributed by atoms with Crippen LogP contribution in [0.3, 0.4) is 0 Å². The maximum absolute atomic E-state index is 12.8. The van der Waals surface area contributed by atoms with Gasteiger partial charge in [0.1, 0.15) is 17.5 Å². The molecule has 0 spiro atoms. The van der Waals surface area contributed by atoms with Gasteiger partial charge < -0.3 is 23.3 Å². The number of furan rings is 1. The molecular formula is C21H20N6O3. The number of carbonyl (C=O) groups excluding carboxylic acids is 1. The Morgan fingerprint density at radius 2 is 1.73 bits per heavy atom. The van der Waals surface area contributed by atoms with Crippen LogP contribution in [0.2, 0.25) is 0 Å². The minimum Gasteiger partial charge on any atom is -0.461 e. The Balaban J connectivity index is 1.27. The van der Waals surface area contributed by atoms with Crippen molar-refractivity contribution in [2.24, 2.45) is 0 Å². The molecule has 0 aliphatic carbocycles. The molecule has 4 aromatic heterocycles. The fourth-order valence-corrected chi connectivity index (χ4v) is 3.53. The van der Waals surface area contributed by atoms with Crippen LogP contribution in [0.5, 0.6) is 0 Å². The van der Waals surface area contributed by atoms with Crippen LogP contribution in [0.4, 0.5) is 5.82 Å². The van der Waals surface area contributed by atoms with Crippen molar-refractivity contribution in [2.45, 2.75) is 6.92 Å². The van der Waals surface area contributed by atoms with Gasteiger partial charge in [0, 0.05) is 50.7 Å². The van der Waals surface area contributed by atoms with Crippen molar-refractivity contribution in [1.29, 1.82) is 0 Å². The molecule has 0 aromatic carbocycles. The third kappa shape index (κ3) is 3.45. The molecule has 1 aliphatic rings. The Bertz CT molecular complexity index is 1140. The molecule has 1 fully saturated rings. The van der Waals surface area contributed by atoms with Crippen molar-refractivity contribution in [3.8, 4) is 17.3 Å². The second-order valence-electron chi connectivity index (χ2n) is 7.05. The van der Waals surface area contributed by atoms with Crippen molar-refractivity contribution in [1.82, 2.24) is 24.6 Å². The highest BCUT2D eigenvalue weighted by atomic mass is 16.5. The summed E-state index contributed by atoms with van der Waals surface area (Å²) < 4.78 is 12.5. The van der Waals surface area contributed by atoms with E-state index >= 15 is 0 Å². The lowest BCUT2D eigenvalue weighted by atomic mass is 10.2. The van der Waals surface area contributed by atoms with Crippen LogP contribution in [0.25, 0.3) is 17.3 Å². The molecule has 4 aromatic rings. The fraction of sp³-hybridized carbons (Fsp3) is 0.238. The highest BCUT2D eigenvalue weighted by Gasteiger charge is 2.26. The van der Waals surface area contributed by atoms with E-state index in [0.29, 0.717) is 43.5 Å². The standard InChI is InChI=1S/C21H20N6O3/c1-15-22-19(25-6-2-3-7-25)14-20(23-15)26-8-10-27(11-9-26)21(28)16-13-18(30-24-16)17-5-4-12-29-17/h2-7,12-14H,8-11H2,1H3. The number of hydrogen-bond acceptors (Lipinski definition) is 7. The summed E-state index contributed by atoms with van der Waals surface area (Å²) in [6.45, 7) is 4.39. The van der Waals surface area contributed by atoms with E-state index in [0.717, 1.165) is 11.6 Å². The Morgan fingerprint density at radius 3 is 2.47 bits per heavy atom. The van der Waals surface area contributed by atoms with Crippen LogP contribution in [-0.2, 0) is 0 Å². The summed E-state index contributed by atoms with van der Waals surface area (Å²) in [5.74, 6) is 3.24. The number of carbonyl (C=O) groups is 1. The molecule has 0 N–H and O–H groups in total. The smallest absolute Gasteiger partial charge is 0.276 e. The van der Waals surface area contributed by atoms with Gasteiger partial charge in [-0.05, 0) is 31.2 Å². The quantitative estimate of drug-likeness (QED) is 0.516. The zero-order valence-corrected chi connectivity index (χ0v) is 16.4. The van der Waals surface area contributed by atoms with Crippen LogP contribution >= 0.6 is 0 Å². The number of amides is 1. The molecule has 5 rings (SSSR count). The van der Waals surface area contributed by atoms with Crippen molar-refractivity contribution in [3.05, 3.63) is 66.6 Å². The Kier molecular flexibility index (Phi) is 4.55. The first kappa shape index (κ1) is 18.2. The third-order valence-corrected chi connectivity index (χ3v) is 5.06. The van der Waals surface area contributed by atoms with Gasteiger partial charge >= 0.3 is 0 Å². The highest BCUT2D eigenvalue weighted by molar-refractivity contribution is 5.93. The first-order chi connectivity index (χ1) is 14.7.